The minimum Gasteiger partial charge on any atom is -0.491 e. The Morgan fingerprint density at radius 1 is 1.09 bits per heavy atom. The number of aromatic amines is 1. The van der Waals surface area contributed by atoms with Gasteiger partial charge in [-0.2, -0.15) is 0 Å². The molecule has 0 spiro atoms. The highest BCUT2D eigenvalue weighted by molar-refractivity contribution is 5.99. The molecule has 0 unspecified atom stereocenters. The number of likely N-dealkylation sites (N-methyl/N-ethyl adjacent to an activating group) is 2. The molecule has 5 amide bonds. The van der Waals surface area contributed by atoms with Crippen molar-refractivity contribution in [2.75, 3.05) is 40.3 Å². The number of carbonyl (C=O) groups excluding carboxylic acids is 5. The number of benzene rings is 2. The standard InChI is InChI=1S/C33H39FN6O6/c1-20(41)37-23-15-24-19-46-29-10-8-22(34)14-26(29)33(45)39(3)28(9-11-30(42)38(2)18-31(43)40(24)17-23)32(44)35-13-12-21-16-36-27-7-5-4-6-25(21)27/h4-8,10,14,16,23-24,28,36H,9,11-13,15,17-19H2,1-3H3,(H,35,44)(H,37,41)/t23-,24-,28-/m0/s1. The zero-order valence-electron chi connectivity index (χ0n) is 26.2. The molecule has 3 heterocycles. The van der Waals surface area contributed by atoms with E-state index in [0.29, 0.717) is 12.8 Å². The fraction of sp³-hybridized carbons (Fsp3) is 0.424. The van der Waals surface area contributed by atoms with Gasteiger partial charge in [0.2, 0.25) is 23.6 Å². The summed E-state index contributed by atoms with van der Waals surface area (Å²) in [6.45, 7) is 1.66. The summed E-state index contributed by atoms with van der Waals surface area (Å²) >= 11 is 0. The molecule has 0 aliphatic carbocycles. The molecule has 244 valence electrons. The molecular formula is C33H39FN6O6. The zero-order valence-corrected chi connectivity index (χ0v) is 26.2. The van der Waals surface area contributed by atoms with Crippen LogP contribution in [0.2, 0.25) is 0 Å². The summed E-state index contributed by atoms with van der Waals surface area (Å²) < 4.78 is 20.5. The molecule has 3 aromatic rings. The highest BCUT2D eigenvalue weighted by atomic mass is 19.1. The number of carbonyl (C=O) groups is 5. The first-order valence-corrected chi connectivity index (χ1v) is 15.3. The van der Waals surface area contributed by atoms with Gasteiger partial charge < -0.3 is 35.1 Å². The van der Waals surface area contributed by atoms with Crippen molar-refractivity contribution in [2.24, 2.45) is 0 Å². The molecule has 46 heavy (non-hydrogen) atoms. The number of fused-ring (bicyclic) bond motifs is 3. The minimum atomic E-state index is -1.06. The molecule has 3 N–H and O–H groups in total. The maximum absolute atomic E-state index is 14.5. The van der Waals surface area contributed by atoms with Gasteiger partial charge in [0.1, 0.15) is 24.2 Å². The number of nitrogens with zero attached hydrogens (tertiary/aromatic N) is 3. The van der Waals surface area contributed by atoms with E-state index >= 15 is 0 Å². The van der Waals surface area contributed by atoms with Gasteiger partial charge in [0.05, 0.1) is 18.2 Å². The average molecular weight is 635 g/mol. The highest BCUT2D eigenvalue weighted by Gasteiger charge is 2.38. The molecule has 2 aromatic carbocycles. The monoisotopic (exact) mass is 634 g/mol. The molecule has 1 fully saturated rings. The van der Waals surface area contributed by atoms with E-state index in [9.17, 15) is 28.4 Å². The van der Waals surface area contributed by atoms with Gasteiger partial charge in [-0.1, -0.05) is 18.2 Å². The van der Waals surface area contributed by atoms with Crippen LogP contribution in [0.1, 0.15) is 42.1 Å². The van der Waals surface area contributed by atoms with E-state index in [1.807, 2.05) is 30.5 Å². The fourth-order valence-electron chi connectivity index (χ4n) is 6.20. The van der Waals surface area contributed by atoms with Crippen LogP contribution in [0.3, 0.4) is 0 Å². The van der Waals surface area contributed by atoms with Crippen LogP contribution in [0.5, 0.6) is 5.75 Å². The van der Waals surface area contributed by atoms with Gasteiger partial charge in [0.15, 0.2) is 0 Å². The number of hydrogen-bond donors (Lipinski definition) is 3. The number of rotatable bonds is 5. The van der Waals surface area contributed by atoms with Gasteiger partial charge in [-0.05, 0) is 49.1 Å². The molecule has 0 bridgehead atoms. The van der Waals surface area contributed by atoms with Crippen LogP contribution in [0.25, 0.3) is 10.9 Å². The van der Waals surface area contributed by atoms with E-state index in [1.165, 1.54) is 43.0 Å². The smallest absolute Gasteiger partial charge is 0.258 e. The van der Waals surface area contributed by atoms with Gasteiger partial charge in [-0.15, -0.1) is 0 Å². The molecule has 0 saturated carbocycles. The summed E-state index contributed by atoms with van der Waals surface area (Å²) in [4.78, 5) is 72.9. The molecule has 12 nitrogen and oxygen atoms in total. The van der Waals surface area contributed by atoms with Gasteiger partial charge in [-0.25, -0.2) is 4.39 Å². The SMILES string of the molecule is CC(=O)N[C@H]1C[C@H]2COc3ccc(F)cc3C(=O)N(C)[C@H](C(=O)NCCc3c[nH]c4ccccc34)CCC(=O)N(C)CC(=O)N2C1. The predicted molar refractivity (Wildman–Crippen MR) is 167 cm³/mol. The van der Waals surface area contributed by atoms with Crippen molar-refractivity contribution >= 4 is 40.4 Å². The zero-order chi connectivity index (χ0) is 33.0. The van der Waals surface area contributed by atoms with Gasteiger partial charge in [0, 0.05) is 63.7 Å². The number of amides is 5. The third-order valence-corrected chi connectivity index (χ3v) is 8.63. The Kier molecular flexibility index (Phi) is 9.88. The first-order valence-electron chi connectivity index (χ1n) is 15.3. The minimum absolute atomic E-state index is 0.0268. The van der Waals surface area contributed by atoms with Crippen LogP contribution in [-0.4, -0.2) is 108 Å². The molecule has 3 atom stereocenters. The van der Waals surface area contributed by atoms with Gasteiger partial charge in [0.25, 0.3) is 5.91 Å². The van der Waals surface area contributed by atoms with Crippen molar-refractivity contribution in [3.63, 3.8) is 0 Å². The highest BCUT2D eigenvalue weighted by Crippen LogP contribution is 2.26. The number of ether oxygens (including phenoxy) is 1. The number of aromatic nitrogens is 1. The molecule has 1 aromatic heterocycles. The maximum atomic E-state index is 14.5. The molecule has 0 radical (unpaired) electrons. The topological polar surface area (TPSA) is 144 Å². The van der Waals surface area contributed by atoms with Gasteiger partial charge in [-0.3, -0.25) is 24.0 Å². The Morgan fingerprint density at radius 2 is 1.87 bits per heavy atom. The van der Waals surface area contributed by atoms with Crippen LogP contribution in [0.15, 0.2) is 48.7 Å². The first-order chi connectivity index (χ1) is 22.0. The Hall–Kier alpha value is -4.94. The molecule has 2 aliphatic heterocycles. The third-order valence-electron chi connectivity index (χ3n) is 8.63. The quantitative estimate of drug-likeness (QED) is 0.391. The Labute approximate surface area is 266 Å². The fourth-order valence-corrected chi connectivity index (χ4v) is 6.20. The van der Waals surface area contributed by atoms with Crippen LogP contribution in [-0.2, 0) is 25.6 Å². The average Bonchev–Trinajstić information content (AvgIpc) is 3.63. The van der Waals surface area contributed by atoms with Crippen molar-refractivity contribution < 1.29 is 33.1 Å². The molecular weight excluding hydrogens is 595 g/mol. The summed E-state index contributed by atoms with van der Waals surface area (Å²) in [5.74, 6) is -2.63. The lowest BCUT2D eigenvalue weighted by molar-refractivity contribution is -0.140. The van der Waals surface area contributed by atoms with Gasteiger partial charge >= 0.3 is 0 Å². The van der Waals surface area contributed by atoms with E-state index in [1.54, 1.807) is 4.90 Å². The Balaban J connectivity index is 1.38. The van der Waals surface area contributed by atoms with Crippen molar-refractivity contribution in [3.05, 3.63) is 65.6 Å². The van der Waals surface area contributed by atoms with Crippen LogP contribution < -0.4 is 15.4 Å². The Bertz CT molecular complexity index is 1640. The molecule has 1 saturated heterocycles. The summed E-state index contributed by atoms with van der Waals surface area (Å²) in [6.07, 6.45) is 2.68. The summed E-state index contributed by atoms with van der Waals surface area (Å²) in [5, 5.41) is 6.77. The van der Waals surface area contributed by atoms with Crippen molar-refractivity contribution in [1.29, 1.82) is 0 Å². The number of halogens is 1. The summed E-state index contributed by atoms with van der Waals surface area (Å²) in [7, 11) is 2.95. The largest absolute Gasteiger partial charge is 0.491 e. The molecule has 2 aliphatic rings. The van der Waals surface area contributed by atoms with Crippen molar-refractivity contribution in [2.45, 2.75) is 50.7 Å². The maximum Gasteiger partial charge on any atom is 0.258 e. The van der Waals surface area contributed by atoms with Crippen molar-refractivity contribution in [3.8, 4) is 5.75 Å². The Morgan fingerprint density at radius 3 is 2.65 bits per heavy atom. The number of hydrogen-bond acceptors (Lipinski definition) is 6. The second kappa shape index (κ2) is 14.0. The van der Waals surface area contributed by atoms with E-state index in [-0.39, 0.29) is 74.2 Å². The lowest BCUT2D eigenvalue weighted by Crippen LogP contribution is -2.49. The number of nitrogens with one attached hydrogen (secondary N) is 3. The summed E-state index contributed by atoms with van der Waals surface area (Å²) in [6, 6.07) is 9.54. The van der Waals surface area contributed by atoms with E-state index in [0.717, 1.165) is 22.5 Å². The van der Waals surface area contributed by atoms with E-state index in [2.05, 4.69) is 15.6 Å². The summed E-state index contributed by atoms with van der Waals surface area (Å²) in [5.41, 5.74) is 1.92. The second-order valence-electron chi connectivity index (χ2n) is 11.9. The molecule has 13 heteroatoms. The lowest BCUT2D eigenvalue weighted by Gasteiger charge is -2.28. The van der Waals surface area contributed by atoms with E-state index in [4.69, 9.17) is 4.74 Å². The number of para-hydroxylation sites is 1. The van der Waals surface area contributed by atoms with Crippen molar-refractivity contribution in [1.82, 2.24) is 30.3 Å². The second-order valence-corrected chi connectivity index (χ2v) is 11.9. The normalized spacial score (nSPS) is 21.3. The van der Waals surface area contributed by atoms with Crippen LogP contribution in [0, 0.1) is 5.82 Å². The predicted octanol–water partition coefficient (Wildman–Crippen LogP) is 1.84. The lowest BCUT2D eigenvalue weighted by atomic mass is 10.1. The van der Waals surface area contributed by atoms with E-state index < -0.39 is 29.7 Å². The third kappa shape index (κ3) is 7.30. The van der Waals surface area contributed by atoms with Crippen LogP contribution >= 0.6 is 0 Å². The first kappa shape index (κ1) is 32.5. The van der Waals surface area contributed by atoms with Crippen LogP contribution in [0.4, 0.5) is 4.39 Å². The number of H-pyrrole nitrogens is 1. The molecule has 5 rings (SSSR count).